The van der Waals surface area contributed by atoms with Crippen LogP contribution in [-0.2, 0) is 20.9 Å². The molecule has 3 rings (SSSR count). The van der Waals surface area contributed by atoms with Gasteiger partial charge in [0.2, 0.25) is 0 Å². The Balaban J connectivity index is 0.000000569. The zero-order valence-corrected chi connectivity index (χ0v) is 18.0. The zero-order valence-electron chi connectivity index (χ0n) is 18.0. The summed E-state index contributed by atoms with van der Waals surface area (Å²) >= 11 is 0. The number of ether oxygens (including phenoxy) is 1. The molecule has 2 aromatic carbocycles. The number of nitro groups is 1. The van der Waals surface area contributed by atoms with Gasteiger partial charge in [0.15, 0.2) is 6.61 Å². The van der Waals surface area contributed by atoms with Crippen molar-refractivity contribution in [1.82, 2.24) is 9.80 Å². The van der Waals surface area contributed by atoms with Gasteiger partial charge in [-0.3, -0.25) is 19.8 Å². The van der Waals surface area contributed by atoms with Crippen molar-refractivity contribution >= 4 is 23.5 Å². The smallest absolute Gasteiger partial charge is 0.414 e. The second kappa shape index (κ2) is 12.2. The van der Waals surface area contributed by atoms with Crippen molar-refractivity contribution in [1.29, 1.82) is 0 Å². The van der Waals surface area contributed by atoms with Gasteiger partial charge < -0.3 is 19.8 Å². The first kappa shape index (κ1) is 25.3. The first-order valence-corrected chi connectivity index (χ1v) is 10.0. The van der Waals surface area contributed by atoms with Crippen molar-refractivity contribution in [2.24, 2.45) is 0 Å². The minimum absolute atomic E-state index is 0.00788. The average Bonchev–Trinajstić information content (AvgIpc) is 2.79. The van der Waals surface area contributed by atoms with Gasteiger partial charge in [0, 0.05) is 44.9 Å². The van der Waals surface area contributed by atoms with Crippen molar-refractivity contribution in [3.8, 4) is 5.75 Å². The van der Waals surface area contributed by atoms with Crippen LogP contribution in [0.2, 0.25) is 0 Å². The van der Waals surface area contributed by atoms with Gasteiger partial charge in [0.25, 0.3) is 11.6 Å². The van der Waals surface area contributed by atoms with Gasteiger partial charge in [0.1, 0.15) is 5.75 Å². The molecule has 0 atom stereocenters. The molecule has 0 saturated carbocycles. The van der Waals surface area contributed by atoms with Gasteiger partial charge >= 0.3 is 11.9 Å². The number of piperazine rings is 1. The van der Waals surface area contributed by atoms with Crippen LogP contribution in [0.4, 0.5) is 5.69 Å². The lowest BCUT2D eigenvalue weighted by Crippen LogP contribution is -2.49. The van der Waals surface area contributed by atoms with Gasteiger partial charge in [-0.25, -0.2) is 9.59 Å². The van der Waals surface area contributed by atoms with E-state index in [1.54, 1.807) is 12.1 Å². The van der Waals surface area contributed by atoms with Gasteiger partial charge in [-0.1, -0.05) is 24.3 Å². The minimum Gasteiger partial charge on any atom is -0.484 e. The predicted molar refractivity (Wildman–Crippen MR) is 117 cm³/mol. The van der Waals surface area contributed by atoms with Crippen LogP contribution >= 0.6 is 0 Å². The fourth-order valence-corrected chi connectivity index (χ4v) is 3.08. The number of amides is 1. The summed E-state index contributed by atoms with van der Waals surface area (Å²) in [6.07, 6.45) is 0. The lowest BCUT2D eigenvalue weighted by atomic mass is 10.2. The lowest BCUT2D eigenvalue weighted by Gasteiger charge is -2.34. The number of carbonyl (C=O) groups is 3. The van der Waals surface area contributed by atoms with E-state index in [9.17, 15) is 14.9 Å². The quantitative estimate of drug-likeness (QED) is 0.374. The van der Waals surface area contributed by atoms with E-state index in [-0.39, 0.29) is 18.2 Å². The highest BCUT2D eigenvalue weighted by Crippen LogP contribution is 2.15. The normalized spacial score (nSPS) is 13.4. The molecule has 0 aliphatic carbocycles. The van der Waals surface area contributed by atoms with Gasteiger partial charge in [-0.05, 0) is 30.2 Å². The van der Waals surface area contributed by atoms with Gasteiger partial charge in [-0.15, -0.1) is 0 Å². The summed E-state index contributed by atoms with van der Waals surface area (Å²) in [6, 6.07) is 14.3. The molecule has 176 valence electrons. The molecule has 1 heterocycles. The van der Waals surface area contributed by atoms with E-state index in [1.807, 2.05) is 36.1 Å². The number of hydrogen-bond acceptors (Lipinski definition) is 7. The summed E-state index contributed by atoms with van der Waals surface area (Å²) in [6.45, 7) is 5.61. The first-order valence-electron chi connectivity index (χ1n) is 10.0. The molecule has 0 bridgehead atoms. The van der Waals surface area contributed by atoms with Crippen molar-refractivity contribution in [2.75, 3.05) is 32.8 Å². The van der Waals surface area contributed by atoms with Gasteiger partial charge in [-0.2, -0.15) is 0 Å². The van der Waals surface area contributed by atoms with Crippen molar-refractivity contribution < 1.29 is 34.3 Å². The number of benzene rings is 2. The minimum atomic E-state index is -1.82. The maximum atomic E-state index is 12.3. The Kier molecular flexibility index (Phi) is 9.30. The number of nitrogens with zero attached hydrogens (tertiary/aromatic N) is 3. The van der Waals surface area contributed by atoms with Crippen LogP contribution in [0.1, 0.15) is 11.1 Å². The number of hydrogen-bond donors (Lipinski definition) is 2. The van der Waals surface area contributed by atoms with E-state index in [2.05, 4.69) is 4.90 Å². The fraction of sp³-hybridized carbons (Fsp3) is 0.318. The third-order valence-electron chi connectivity index (χ3n) is 4.81. The van der Waals surface area contributed by atoms with Crippen molar-refractivity contribution in [3.05, 3.63) is 69.8 Å². The van der Waals surface area contributed by atoms with Crippen LogP contribution < -0.4 is 4.74 Å². The van der Waals surface area contributed by atoms with E-state index < -0.39 is 16.9 Å². The second-order valence-electron chi connectivity index (χ2n) is 7.30. The maximum Gasteiger partial charge on any atom is 0.414 e. The number of rotatable bonds is 6. The molecule has 33 heavy (non-hydrogen) atoms. The predicted octanol–water partition coefficient (Wildman–Crippen LogP) is 1.78. The molecule has 1 aliphatic rings. The summed E-state index contributed by atoms with van der Waals surface area (Å²) < 4.78 is 5.59. The van der Waals surface area contributed by atoms with Crippen LogP contribution in [0, 0.1) is 17.0 Å². The summed E-state index contributed by atoms with van der Waals surface area (Å²) in [4.78, 5) is 44.9. The average molecular weight is 459 g/mol. The third kappa shape index (κ3) is 8.57. The van der Waals surface area contributed by atoms with Crippen molar-refractivity contribution in [3.63, 3.8) is 0 Å². The number of aryl methyl sites for hydroxylation is 1. The topological polar surface area (TPSA) is 151 Å². The number of nitro benzene ring substituents is 1. The van der Waals surface area contributed by atoms with Crippen LogP contribution in [0.25, 0.3) is 0 Å². The zero-order chi connectivity index (χ0) is 24.4. The summed E-state index contributed by atoms with van der Waals surface area (Å²) in [5.74, 6) is -2.95. The van der Waals surface area contributed by atoms with Crippen LogP contribution in [0.15, 0.2) is 48.5 Å². The van der Waals surface area contributed by atoms with Gasteiger partial charge in [0.05, 0.1) is 4.92 Å². The molecular weight excluding hydrogens is 434 g/mol. The Morgan fingerprint density at radius 2 is 1.61 bits per heavy atom. The summed E-state index contributed by atoms with van der Waals surface area (Å²) in [5.41, 5.74) is 2.23. The van der Waals surface area contributed by atoms with Crippen LogP contribution in [0.3, 0.4) is 0 Å². The summed E-state index contributed by atoms with van der Waals surface area (Å²) in [5, 5.41) is 25.5. The Bertz CT molecular complexity index is 973. The number of carbonyl (C=O) groups excluding carboxylic acids is 1. The Hall–Kier alpha value is -3.99. The van der Waals surface area contributed by atoms with E-state index in [0.717, 1.165) is 30.8 Å². The maximum absolute atomic E-state index is 12.3. The number of carboxylic acids is 2. The Morgan fingerprint density at radius 1 is 1.00 bits per heavy atom. The molecule has 11 nitrogen and oxygen atoms in total. The molecule has 2 N–H and O–H groups in total. The molecule has 11 heteroatoms. The molecule has 0 spiro atoms. The molecule has 1 amide bonds. The number of carboxylic acid groups (broad SMARTS) is 2. The molecule has 0 radical (unpaired) electrons. The van der Waals surface area contributed by atoms with E-state index in [4.69, 9.17) is 24.5 Å². The molecule has 0 unspecified atom stereocenters. The lowest BCUT2D eigenvalue weighted by molar-refractivity contribution is -0.384. The largest absolute Gasteiger partial charge is 0.484 e. The summed E-state index contributed by atoms with van der Waals surface area (Å²) in [7, 11) is 0. The Labute approximate surface area is 189 Å². The second-order valence-corrected chi connectivity index (χ2v) is 7.30. The molecule has 2 aromatic rings. The van der Waals surface area contributed by atoms with Crippen LogP contribution in [0.5, 0.6) is 5.75 Å². The Morgan fingerprint density at radius 3 is 2.12 bits per heavy atom. The molecule has 0 aromatic heterocycles. The highest BCUT2D eigenvalue weighted by molar-refractivity contribution is 6.27. The van der Waals surface area contributed by atoms with E-state index in [1.165, 1.54) is 12.1 Å². The highest BCUT2D eigenvalue weighted by Gasteiger charge is 2.21. The monoisotopic (exact) mass is 459 g/mol. The van der Waals surface area contributed by atoms with E-state index >= 15 is 0 Å². The molecule has 1 aliphatic heterocycles. The highest BCUT2D eigenvalue weighted by atomic mass is 16.6. The third-order valence-corrected chi connectivity index (χ3v) is 4.81. The van der Waals surface area contributed by atoms with E-state index in [0.29, 0.717) is 18.8 Å². The van der Waals surface area contributed by atoms with Crippen LogP contribution in [-0.4, -0.2) is 75.6 Å². The molecule has 1 fully saturated rings. The first-order chi connectivity index (χ1) is 15.7. The fourth-order valence-electron chi connectivity index (χ4n) is 3.08. The molecular formula is C22H25N3O8. The number of aliphatic carboxylic acids is 2. The SMILES string of the molecule is Cc1cccc(OCC(=O)N2CCN(Cc3ccc([N+](=O)[O-])cc3)CC2)c1.O=C(O)C(=O)O. The molecule has 1 saturated heterocycles. The number of non-ortho nitro benzene ring substituents is 1. The van der Waals surface area contributed by atoms with Crippen molar-refractivity contribution in [2.45, 2.75) is 13.5 Å². The standard InChI is InChI=1S/C20H23N3O4.C2H2O4/c1-16-3-2-4-19(13-16)27-15-20(24)22-11-9-21(10-12-22)14-17-5-7-18(8-6-17)23(25)26;3-1(4)2(5)6/h2-8,13H,9-12,14-15H2,1H3;(H,3,4)(H,5,6).